The number of guanidine groups is 1. The van der Waals surface area contributed by atoms with Gasteiger partial charge in [0, 0.05) is 41.3 Å². The van der Waals surface area contributed by atoms with Crippen LogP contribution in [-0.2, 0) is 6.54 Å². The van der Waals surface area contributed by atoms with E-state index in [0.29, 0.717) is 0 Å². The zero-order valence-electron chi connectivity index (χ0n) is 13.5. The van der Waals surface area contributed by atoms with Crippen molar-refractivity contribution in [2.75, 3.05) is 48.3 Å². The fraction of sp³-hybridized carbons (Fsp3) is 0.562. The highest BCUT2D eigenvalue weighted by Gasteiger charge is 2.04. The van der Waals surface area contributed by atoms with E-state index in [4.69, 9.17) is 0 Å². The second-order valence-electron chi connectivity index (χ2n) is 5.55. The van der Waals surface area contributed by atoms with Crippen molar-refractivity contribution in [1.29, 1.82) is 0 Å². The monoisotopic (exact) mass is 276 g/mol. The maximum Gasteiger partial charge on any atom is 0.195 e. The Bertz CT molecular complexity index is 388. The Kier molecular flexibility index (Phi) is 7.09. The Labute approximate surface area is 123 Å². The van der Waals surface area contributed by atoms with Gasteiger partial charge in [-0.2, -0.15) is 0 Å². The Balaban J connectivity index is 2.31. The zero-order valence-corrected chi connectivity index (χ0v) is 13.5. The van der Waals surface area contributed by atoms with Crippen LogP contribution in [0.4, 0.5) is 0 Å². The number of nitrogens with zero attached hydrogens (tertiary/aromatic N) is 4. The van der Waals surface area contributed by atoms with Gasteiger partial charge >= 0.3 is 0 Å². The van der Waals surface area contributed by atoms with Crippen LogP contribution in [-0.4, -0.2) is 69.0 Å². The summed E-state index contributed by atoms with van der Waals surface area (Å²) in [6.45, 7) is 2.93. The Morgan fingerprint density at radius 2 is 1.55 bits per heavy atom. The Morgan fingerprint density at radius 3 is 2.10 bits per heavy atom. The first-order chi connectivity index (χ1) is 9.50. The molecule has 0 radical (unpaired) electrons. The van der Waals surface area contributed by atoms with Crippen LogP contribution in [0.5, 0.6) is 0 Å². The van der Waals surface area contributed by atoms with E-state index in [1.165, 1.54) is 5.56 Å². The molecule has 4 heteroatoms. The number of aliphatic imine (C=N–C) groups is 1. The first-order valence-corrected chi connectivity index (χ1v) is 7.12. The highest BCUT2D eigenvalue weighted by atomic mass is 15.3. The molecule has 0 aliphatic rings. The molecule has 0 amide bonds. The fourth-order valence-electron chi connectivity index (χ4n) is 2.18. The summed E-state index contributed by atoms with van der Waals surface area (Å²) >= 11 is 0. The molecular weight excluding hydrogens is 248 g/mol. The van der Waals surface area contributed by atoms with Gasteiger partial charge in [-0.05, 0) is 25.6 Å². The van der Waals surface area contributed by atoms with Crippen LogP contribution in [0.1, 0.15) is 12.0 Å². The lowest BCUT2D eigenvalue weighted by Crippen LogP contribution is -2.35. The predicted molar refractivity (Wildman–Crippen MR) is 87.1 cm³/mol. The lowest BCUT2D eigenvalue weighted by Gasteiger charge is -2.23. The minimum absolute atomic E-state index is 0.866. The van der Waals surface area contributed by atoms with Crippen LogP contribution in [0.2, 0.25) is 0 Å². The summed E-state index contributed by atoms with van der Waals surface area (Å²) in [5.41, 5.74) is 1.36. The molecule has 0 saturated carbocycles. The second-order valence-corrected chi connectivity index (χ2v) is 5.55. The van der Waals surface area contributed by atoms with Crippen molar-refractivity contribution < 1.29 is 0 Å². The molecule has 0 saturated heterocycles. The van der Waals surface area contributed by atoms with Crippen molar-refractivity contribution in [2.24, 2.45) is 4.99 Å². The quantitative estimate of drug-likeness (QED) is 0.451. The van der Waals surface area contributed by atoms with E-state index < -0.39 is 0 Å². The summed E-state index contributed by atoms with van der Waals surface area (Å²) < 4.78 is 0. The van der Waals surface area contributed by atoms with E-state index in [0.717, 1.165) is 32.0 Å². The molecule has 1 aromatic rings. The molecule has 0 N–H and O–H groups in total. The summed E-state index contributed by atoms with van der Waals surface area (Å²) in [5, 5.41) is 0. The van der Waals surface area contributed by atoms with Gasteiger partial charge in [0.05, 0.1) is 0 Å². The SMILES string of the molecule is CN(CCCN=C(N(C)C)N(C)C)Cc1ccccc1. The van der Waals surface area contributed by atoms with Gasteiger partial charge in [0.15, 0.2) is 5.96 Å². The predicted octanol–water partition coefficient (Wildman–Crippen LogP) is 1.99. The highest BCUT2D eigenvalue weighted by molar-refractivity contribution is 5.79. The van der Waals surface area contributed by atoms with Crippen LogP contribution in [0.3, 0.4) is 0 Å². The van der Waals surface area contributed by atoms with Crippen LogP contribution in [0, 0.1) is 0 Å². The molecule has 1 rings (SSSR count). The van der Waals surface area contributed by atoms with Crippen molar-refractivity contribution in [2.45, 2.75) is 13.0 Å². The lowest BCUT2D eigenvalue weighted by atomic mass is 10.2. The third-order valence-electron chi connectivity index (χ3n) is 3.05. The molecule has 112 valence electrons. The van der Waals surface area contributed by atoms with E-state index in [-0.39, 0.29) is 0 Å². The molecular formula is C16H28N4. The number of rotatable bonds is 6. The third kappa shape index (κ3) is 6.06. The van der Waals surface area contributed by atoms with Gasteiger partial charge in [0.2, 0.25) is 0 Å². The van der Waals surface area contributed by atoms with Gasteiger partial charge in [-0.1, -0.05) is 30.3 Å². The van der Waals surface area contributed by atoms with Crippen LogP contribution in [0.15, 0.2) is 35.3 Å². The third-order valence-corrected chi connectivity index (χ3v) is 3.05. The molecule has 1 aromatic carbocycles. The maximum absolute atomic E-state index is 4.64. The first-order valence-electron chi connectivity index (χ1n) is 7.12. The summed E-state index contributed by atoms with van der Waals surface area (Å²) in [6.07, 6.45) is 1.08. The molecule has 0 atom stereocenters. The highest BCUT2D eigenvalue weighted by Crippen LogP contribution is 2.03. The van der Waals surface area contributed by atoms with Crippen LogP contribution in [0.25, 0.3) is 0 Å². The van der Waals surface area contributed by atoms with E-state index >= 15 is 0 Å². The van der Waals surface area contributed by atoms with Crippen molar-refractivity contribution in [3.8, 4) is 0 Å². The molecule has 0 fully saturated rings. The average Bonchev–Trinajstić information content (AvgIpc) is 2.38. The topological polar surface area (TPSA) is 22.1 Å². The van der Waals surface area contributed by atoms with E-state index in [1.807, 2.05) is 38.0 Å². The van der Waals surface area contributed by atoms with Gasteiger partial charge in [0.1, 0.15) is 0 Å². The number of hydrogen-bond acceptors (Lipinski definition) is 2. The zero-order chi connectivity index (χ0) is 15.0. The number of hydrogen-bond donors (Lipinski definition) is 0. The van der Waals surface area contributed by atoms with Gasteiger partial charge < -0.3 is 14.7 Å². The molecule has 0 aliphatic carbocycles. The van der Waals surface area contributed by atoms with E-state index in [9.17, 15) is 0 Å². The molecule has 0 heterocycles. The van der Waals surface area contributed by atoms with Crippen LogP contribution >= 0.6 is 0 Å². The summed E-state index contributed by atoms with van der Waals surface area (Å²) in [4.78, 5) is 11.1. The van der Waals surface area contributed by atoms with Crippen molar-refractivity contribution in [3.05, 3.63) is 35.9 Å². The Morgan fingerprint density at radius 1 is 0.950 bits per heavy atom. The largest absolute Gasteiger partial charge is 0.349 e. The molecule has 0 aromatic heterocycles. The summed E-state index contributed by atoms with van der Waals surface area (Å²) in [6, 6.07) is 10.6. The number of benzene rings is 1. The summed E-state index contributed by atoms with van der Waals surface area (Å²) in [5.74, 6) is 1.02. The van der Waals surface area contributed by atoms with Gasteiger partial charge in [-0.15, -0.1) is 0 Å². The maximum atomic E-state index is 4.64. The van der Waals surface area contributed by atoms with E-state index in [2.05, 4.69) is 47.3 Å². The van der Waals surface area contributed by atoms with Crippen molar-refractivity contribution in [3.63, 3.8) is 0 Å². The fourth-order valence-corrected chi connectivity index (χ4v) is 2.18. The standard InChI is InChI=1S/C16H28N4/c1-18(2)16(19(3)4)17-12-9-13-20(5)14-15-10-7-6-8-11-15/h6-8,10-11H,9,12-14H2,1-5H3. The van der Waals surface area contributed by atoms with Gasteiger partial charge in [-0.3, -0.25) is 4.99 Å². The second kappa shape index (κ2) is 8.59. The average molecular weight is 276 g/mol. The van der Waals surface area contributed by atoms with E-state index in [1.54, 1.807) is 0 Å². The minimum Gasteiger partial charge on any atom is -0.349 e. The van der Waals surface area contributed by atoms with Crippen molar-refractivity contribution >= 4 is 5.96 Å². The molecule has 20 heavy (non-hydrogen) atoms. The molecule has 0 aliphatic heterocycles. The van der Waals surface area contributed by atoms with Crippen LogP contribution < -0.4 is 0 Å². The van der Waals surface area contributed by atoms with Gasteiger partial charge in [0.25, 0.3) is 0 Å². The molecule has 0 unspecified atom stereocenters. The molecule has 0 spiro atoms. The first kappa shape index (κ1) is 16.5. The molecule has 0 bridgehead atoms. The minimum atomic E-state index is 0.866. The van der Waals surface area contributed by atoms with Crippen molar-refractivity contribution in [1.82, 2.24) is 14.7 Å². The summed E-state index contributed by atoms with van der Waals surface area (Å²) in [7, 11) is 10.3. The molecule has 4 nitrogen and oxygen atoms in total. The Hall–Kier alpha value is -1.55. The van der Waals surface area contributed by atoms with Gasteiger partial charge in [-0.25, -0.2) is 0 Å². The lowest BCUT2D eigenvalue weighted by molar-refractivity contribution is 0.323. The smallest absolute Gasteiger partial charge is 0.195 e. The normalized spacial score (nSPS) is 10.5.